The third-order valence-electron chi connectivity index (χ3n) is 3.68. The Bertz CT molecular complexity index is 389. The fourth-order valence-corrected chi connectivity index (χ4v) is 2.50. The number of hydrogen-bond donors (Lipinski definition) is 1. The molecule has 2 rings (SSSR count). The molecule has 0 radical (unpaired) electrons. The molecular formula is C13H22N4O. The summed E-state index contributed by atoms with van der Waals surface area (Å²) in [6.45, 7) is 5.76. The van der Waals surface area contributed by atoms with Crippen molar-refractivity contribution in [1.29, 1.82) is 0 Å². The molecule has 1 aromatic heterocycles. The largest absolute Gasteiger partial charge is 0.478 e. The predicted octanol–water partition coefficient (Wildman–Crippen LogP) is 1.34. The summed E-state index contributed by atoms with van der Waals surface area (Å²) in [7, 11) is 1.56. The molecule has 1 fully saturated rings. The number of hydrogen-bond acceptors (Lipinski definition) is 5. The molecule has 2 heterocycles. The van der Waals surface area contributed by atoms with Crippen molar-refractivity contribution in [3.8, 4) is 5.88 Å². The van der Waals surface area contributed by atoms with Gasteiger partial charge in [-0.25, -0.2) is 0 Å². The molecule has 1 saturated heterocycles. The minimum Gasteiger partial charge on any atom is -0.478 e. The summed E-state index contributed by atoms with van der Waals surface area (Å²) in [6.07, 6.45) is 3.45. The fourth-order valence-electron chi connectivity index (χ4n) is 2.50. The first-order valence-corrected chi connectivity index (χ1v) is 6.61. The molecule has 0 amide bonds. The maximum atomic E-state index is 5.84. The lowest BCUT2D eigenvalue weighted by atomic mass is 9.92. The summed E-state index contributed by atoms with van der Waals surface area (Å²) in [6, 6.07) is 1.89. The van der Waals surface area contributed by atoms with Gasteiger partial charge in [0.05, 0.1) is 18.5 Å². The highest BCUT2D eigenvalue weighted by molar-refractivity contribution is 5.47. The smallest absolute Gasteiger partial charge is 0.256 e. The lowest BCUT2D eigenvalue weighted by molar-refractivity contribution is 0.191. The van der Waals surface area contributed by atoms with Gasteiger partial charge in [-0.05, 0) is 50.9 Å². The minimum atomic E-state index is 0.416. The molecule has 1 aliphatic heterocycles. The number of nitrogens with two attached hydrogens (primary N) is 1. The van der Waals surface area contributed by atoms with Crippen molar-refractivity contribution in [1.82, 2.24) is 15.1 Å². The van der Waals surface area contributed by atoms with E-state index in [1.807, 2.05) is 6.07 Å². The van der Waals surface area contributed by atoms with Gasteiger partial charge in [0.25, 0.3) is 5.88 Å². The van der Waals surface area contributed by atoms with E-state index in [9.17, 15) is 0 Å². The Morgan fingerprint density at radius 2 is 2.11 bits per heavy atom. The first-order chi connectivity index (χ1) is 8.72. The predicted molar refractivity (Wildman–Crippen MR) is 71.5 cm³/mol. The molecule has 0 spiro atoms. The molecule has 0 aliphatic carbocycles. The van der Waals surface area contributed by atoms with E-state index in [0.29, 0.717) is 17.5 Å². The van der Waals surface area contributed by atoms with E-state index < -0.39 is 0 Å². The highest BCUT2D eigenvalue weighted by atomic mass is 16.5. The maximum absolute atomic E-state index is 5.84. The van der Waals surface area contributed by atoms with Crippen LogP contribution in [-0.4, -0.2) is 41.8 Å². The Hall–Kier alpha value is -1.36. The average molecular weight is 250 g/mol. The van der Waals surface area contributed by atoms with Crippen LogP contribution >= 0.6 is 0 Å². The Balaban J connectivity index is 1.92. The van der Waals surface area contributed by atoms with E-state index >= 15 is 0 Å². The van der Waals surface area contributed by atoms with Crippen LogP contribution in [0.1, 0.15) is 25.5 Å². The Kier molecular flexibility index (Phi) is 4.36. The van der Waals surface area contributed by atoms with Crippen molar-refractivity contribution < 1.29 is 4.74 Å². The van der Waals surface area contributed by atoms with Crippen molar-refractivity contribution in [2.75, 3.05) is 32.5 Å². The van der Waals surface area contributed by atoms with Crippen LogP contribution in [0.3, 0.4) is 0 Å². The third kappa shape index (κ3) is 3.10. The summed E-state index contributed by atoms with van der Waals surface area (Å²) in [4.78, 5) is 2.49. The summed E-state index contributed by atoms with van der Waals surface area (Å²) in [5.41, 5.74) is 7.40. The number of rotatable bonds is 4. The topological polar surface area (TPSA) is 64.3 Å². The number of nitrogens with zero attached hydrogens (tertiary/aromatic N) is 3. The van der Waals surface area contributed by atoms with Crippen LogP contribution in [0.25, 0.3) is 0 Å². The molecule has 2 N–H and O–H groups in total. The van der Waals surface area contributed by atoms with E-state index in [4.69, 9.17) is 10.5 Å². The molecule has 18 heavy (non-hydrogen) atoms. The van der Waals surface area contributed by atoms with E-state index in [2.05, 4.69) is 22.0 Å². The first-order valence-electron chi connectivity index (χ1n) is 6.61. The van der Waals surface area contributed by atoms with Crippen LogP contribution in [0.5, 0.6) is 5.88 Å². The van der Waals surface area contributed by atoms with Crippen LogP contribution in [-0.2, 0) is 6.42 Å². The summed E-state index contributed by atoms with van der Waals surface area (Å²) in [5.74, 6) is 1.12. The second-order valence-electron chi connectivity index (χ2n) is 4.88. The van der Waals surface area contributed by atoms with Crippen LogP contribution in [0.15, 0.2) is 6.07 Å². The number of nitrogen functional groups attached to an aromatic ring is 1. The van der Waals surface area contributed by atoms with Gasteiger partial charge in [0, 0.05) is 0 Å². The third-order valence-corrected chi connectivity index (χ3v) is 3.68. The van der Waals surface area contributed by atoms with Gasteiger partial charge < -0.3 is 15.4 Å². The lowest BCUT2D eigenvalue weighted by Gasteiger charge is -2.30. The van der Waals surface area contributed by atoms with Gasteiger partial charge in [-0.2, -0.15) is 5.10 Å². The second-order valence-corrected chi connectivity index (χ2v) is 4.88. The van der Waals surface area contributed by atoms with Gasteiger partial charge in [0.1, 0.15) is 0 Å². The van der Waals surface area contributed by atoms with Crippen molar-refractivity contribution in [3.05, 3.63) is 11.8 Å². The van der Waals surface area contributed by atoms with Crippen LogP contribution in [0.4, 0.5) is 5.69 Å². The quantitative estimate of drug-likeness (QED) is 0.873. The molecule has 1 aliphatic rings. The summed E-state index contributed by atoms with van der Waals surface area (Å²) < 4.78 is 5.01. The monoisotopic (exact) mass is 250 g/mol. The molecular weight excluding hydrogens is 228 g/mol. The lowest BCUT2D eigenvalue weighted by Crippen LogP contribution is -2.34. The summed E-state index contributed by atoms with van der Waals surface area (Å²) in [5, 5.41) is 8.16. The van der Waals surface area contributed by atoms with Gasteiger partial charge in [-0.15, -0.1) is 5.10 Å². The van der Waals surface area contributed by atoms with Crippen molar-refractivity contribution in [2.45, 2.75) is 26.2 Å². The highest BCUT2D eigenvalue weighted by Gasteiger charge is 2.19. The Morgan fingerprint density at radius 1 is 1.39 bits per heavy atom. The zero-order valence-corrected chi connectivity index (χ0v) is 11.2. The number of methoxy groups -OCH3 is 1. The van der Waals surface area contributed by atoms with Crippen molar-refractivity contribution >= 4 is 5.69 Å². The van der Waals surface area contributed by atoms with Crippen LogP contribution in [0.2, 0.25) is 0 Å². The van der Waals surface area contributed by atoms with Gasteiger partial charge in [-0.1, -0.05) is 6.92 Å². The van der Waals surface area contributed by atoms with Crippen LogP contribution < -0.4 is 10.5 Å². The van der Waals surface area contributed by atoms with E-state index in [1.165, 1.54) is 25.9 Å². The summed E-state index contributed by atoms with van der Waals surface area (Å²) >= 11 is 0. The molecule has 0 bridgehead atoms. The number of piperidine rings is 1. The van der Waals surface area contributed by atoms with Gasteiger partial charge >= 0.3 is 0 Å². The normalized spacial score (nSPS) is 17.9. The van der Waals surface area contributed by atoms with Gasteiger partial charge in [-0.3, -0.25) is 0 Å². The minimum absolute atomic E-state index is 0.416. The zero-order chi connectivity index (χ0) is 13.0. The standard InChI is InChI=1S/C13H22N4O/c1-3-17-6-4-10(5-7-17)8-11-9-12(14)13(18-2)16-15-11/h9-10H,3-8H2,1-2H3,(H2,14,15). The molecule has 0 saturated carbocycles. The molecule has 1 aromatic rings. The van der Waals surface area contributed by atoms with Crippen molar-refractivity contribution in [3.63, 3.8) is 0 Å². The van der Waals surface area contributed by atoms with Gasteiger partial charge in [0.15, 0.2) is 0 Å². The average Bonchev–Trinajstić information content (AvgIpc) is 2.40. The molecule has 0 unspecified atom stereocenters. The fraction of sp³-hybridized carbons (Fsp3) is 0.692. The number of ether oxygens (including phenoxy) is 1. The first kappa shape index (κ1) is 13.1. The van der Waals surface area contributed by atoms with E-state index in [0.717, 1.165) is 18.7 Å². The number of aromatic nitrogens is 2. The molecule has 5 heteroatoms. The zero-order valence-electron chi connectivity index (χ0n) is 11.2. The molecule has 0 aromatic carbocycles. The molecule has 100 valence electrons. The second kappa shape index (κ2) is 6.00. The molecule has 5 nitrogen and oxygen atoms in total. The Morgan fingerprint density at radius 3 is 2.67 bits per heavy atom. The van der Waals surface area contributed by atoms with Crippen molar-refractivity contribution in [2.24, 2.45) is 5.92 Å². The van der Waals surface area contributed by atoms with E-state index in [-0.39, 0.29) is 0 Å². The van der Waals surface area contributed by atoms with Crippen LogP contribution in [0, 0.1) is 5.92 Å². The number of likely N-dealkylation sites (tertiary alicyclic amines) is 1. The Labute approximate surface area is 108 Å². The maximum Gasteiger partial charge on any atom is 0.256 e. The van der Waals surface area contributed by atoms with E-state index in [1.54, 1.807) is 7.11 Å². The SMILES string of the molecule is CCN1CCC(Cc2cc(N)c(OC)nn2)CC1. The number of anilines is 1. The highest BCUT2D eigenvalue weighted by Crippen LogP contribution is 2.23. The molecule has 0 atom stereocenters. The van der Waals surface area contributed by atoms with Gasteiger partial charge in [0.2, 0.25) is 0 Å².